The molecule has 0 saturated carbocycles. The van der Waals surface area contributed by atoms with Crippen molar-refractivity contribution in [3.05, 3.63) is 62.4 Å². The molecule has 1 N–H and O–H groups in total. The van der Waals surface area contributed by atoms with Gasteiger partial charge in [0.05, 0.1) is 6.54 Å². The van der Waals surface area contributed by atoms with Gasteiger partial charge in [0.25, 0.3) is 5.56 Å². The predicted molar refractivity (Wildman–Crippen MR) is 70.6 cm³/mol. The number of nitrogens with one attached hydrogen (secondary N) is 1. The maximum atomic E-state index is 11.7. The molecule has 0 fully saturated rings. The highest BCUT2D eigenvalue weighted by molar-refractivity contribution is 5.37. The molecule has 1 aliphatic heterocycles. The average Bonchev–Trinajstić information content (AvgIpc) is 2.78. The molecule has 0 bridgehead atoms. The molecule has 1 aromatic carbocycles. The van der Waals surface area contributed by atoms with Gasteiger partial charge in [-0.05, 0) is 18.6 Å². The fraction of sp³-hybridized carbons (Fsp3) is 0.286. The lowest BCUT2D eigenvalue weighted by molar-refractivity contribution is 0.206. The van der Waals surface area contributed by atoms with E-state index in [1.807, 2.05) is 24.3 Å². The lowest BCUT2D eigenvalue weighted by atomic mass is 10.1. The summed E-state index contributed by atoms with van der Waals surface area (Å²) in [7, 11) is 0. The smallest absolute Gasteiger partial charge is 0.328 e. The van der Waals surface area contributed by atoms with Crippen molar-refractivity contribution in [1.82, 2.24) is 9.55 Å². The molecule has 2 heterocycles. The SMILES string of the molecule is Cc1cn(CC2Cc3ccccc3O2)c(=O)[nH]c1=O. The van der Waals surface area contributed by atoms with E-state index >= 15 is 0 Å². The largest absolute Gasteiger partial charge is 0.488 e. The zero-order valence-electron chi connectivity index (χ0n) is 10.6. The second-order valence-electron chi connectivity index (χ2n) is 4.78. The molecule has 3 rings (SSSR count). The Labute approximate surface area is 109 Å². The van der Waals surface area contributed by atoms with Crippen LogP contribution in [-0.2, 0) is 13.0 Å². The third-order valence-electron chi connectivity index (χ3n) is 3.30. The number of aryl methyl sites for hydroxylation is 1. The Bertz CT molecular complexity index is 705. The Morgan fingerprint density at radius 1 is 1.37 bits per heavy atom. The van der Waals surface area contributed by atoms with E-state index in [2.05, 4.69) is 4.98 Å². The van der Waals surface area contributed by atoms with Gasteiger partial charge in [-0.15, -0.1) is 0 Å². The number of hydrogen-bond donors (Lipinski definition) is 1. The Balaban J connectivity index is 1.83. The minimum atomic E-state index is -0.393. The molecule has 1 aromatic heterocycles. The van der Waals surface area contributed by atoms with Gasteiger partial charge in [0, 0.05) is 18.2 Å². The minimum Gasteiger partial charge on any atom is -0.488 e. The third-order valence-corrected chi connectivity index (χ3v) is 3.30. The summed E-state index contributed by atoms with van der Waals surface area (Å²) in [6.45, 7) is 2.12. The summed E-state index contributed by atoms with van der Waals surface area (Å²) >= 11 is 0. The van der Waals surface area contributed by atoms with Gasteiger partial charge in [0.15, 0.2) is 0 Å². The molecule has 5 heteroatoms. The molecule has 98 valence electrons. The first-order chi connectivity index (χ1) is 9.13. The van der Waals surface area contributed by atoms with Crippen molar-refractivity contribution < 1.29 is 4.74 Å². The Morgan fingerprint density at radius 3 is 2.95 bits per heavy atom. The van der Waals surface area contributed by atoms with Gasteiger partial charge in [-0.2, -0.15) is 0 Å². The van der Waals surface area contributed by atoms with Crippen molar-refractivity contribution in [2.24, 2.45) is 0 Å². The van der Waals surface area contributed by atoms with Gasteiger partial charge < -0.3 is 4.74 Å². The summed E-state index contributed by atoms with van der Waals surface area (Å²) in [4.78, 5) is 25.3. The summed E-state index contributed by atoms with van der Waals surface area (Å²) in [5, 5.41) is 0. The number of fused-ring (bicyclic) bond motifs is 1. The van der Waals surface area contributed by atoms with Crippen LogP contribution >= 0.6 is 0 Å². The monoisotopic (exact) mass is 258 g/mol. The van der Waals surface area contributed by atoms with Gasteiger partial charge >= 0.3 is 5.69 Å². The van der Waals surface area contributed by atoms with Crippen molar-refractivity contribution in [3.8, 4) is 5.75 Å². The molecule has 0 amide bonds. The lowest BCUT2D eigenvalue weighted by Crippen LogP contribution is -2.35. The topological polar surface area (TPSA) is 64.1 Å². The van der Waals surface area contributed by atoms with Crippen molar-refractivity contribution in [2.45, 2.75) is 26.0 Å². The molecular weight excluding hydrogens is 244 g/mol. The molecule has 19 heavy (non-hydrogen) atoms. The molecular formula is C14H14N2O3. The minimum absolute atomic E-state index is 0.0691. The van der Waals surface area contributed by atoms with Crippen LogP contribution < -0.4 is 16.0 Å². The van der Waals surface area contributed by atoms with Crippen LogP contribution in [0.1, 0.15) is 11.1 Å². The summed E-state index contributed by atoms with van der Waals surface area (Å²) < 4.78 is 7.28. The number of aromatic amines is 1. The van der Waals surface area contributed by atoms with Crippen molar-refractivity contribution in [1.29, 1.82) is 0 Å². The molecule has 0 spiro atoms. The highest BCUT2D eigenvalue weighted by Gasteiger charge is 2.23. The summed E-state index contributed by atoms with van der Waals surface area (Å²) in [5.74, 6) is 0.877. The van der Waals surface area contributed by atoms with E-state index in [0.717, 1.165) is 17.7 Å². The van der Waals surface area contributed by atoms with Gasteiger partial charge in [-0.1, -0.05) is 18.2 Å². The molecule has 1 aliphatic rings. The van der Waals surface area contributed by atoms with Crippen LogP contribution in [0.3, 0.4) is 0 Å². The summed E-state index contributed by atoms with van der Waals surface area (Å²) in [6.07, 6.45) is 2.29. The number of benzene rings is 1. The quantitative estimate of drug-likeness (QED) is 0.868. The first-order valence-electron chi connectivity index (χ1n) is 6.18. The molecule has 1 unspecified atom stereocenters. The second kappa shape index (κ2) is 4.42. The maximum Gasteiger partial charge on any atom is 0.328 e. The summed E-state index contributed by atoms with van der Waals surface area (Å²) in [6, 6.07) is 7.85. The van der Waals surface area contributed by atoms with Gasteiger partial charge in [0.2, 0.25) is 0 Å². The van der Waals surface area contributed by atoms with Crippen LogP contribution in [0, 0.1) is 6.92 Å². The number of H-pyrrole nitrogens is 1. The zero-order valence-corrected chi connectivity index (χ0v) is 10.6. The Morgan fingerprint density at radius 2 is 2.16 bits per heavy atom. The number of ether oxygens (including phenoxy) is 1. The van der Waals surface area contributed by atoms with Crippen molar-refractivity contribution in [3.63, 3.8) is 0 Å². The highest BCUT2D eigenvalue weighted by Crippen LogP contribution is 2.28. The van der Waals surface area contributed by atoms with Crippen LogP contribution in [0.2, 0.25) is 0 Å². The van der Waals surface area contributed by atoms with Crippen molar-refractivity contribution in [2.75, 3.05) is 0 Å². The van der Waals surface area contributed by atoms with Gasteiger partial charge in [-0.25, -0.2) is 4.79 Å². The van der Waals surface area contributed by atoms with E-state index in [4.69, 9.17) is 4.74 Å². The fourth-order valence-electron chi connectivity index (χ4n) is 2.33. The number of hydrogen-bond acceptors (Lipinski definition) is 3. The molecule has 0 saturated heterocycles. The number of para-hydroxylation sites is 1. The van der Waals surface area contributed by atoms with E-state index in [-0.39, 0.29) is 11.7 Å². The lowest BCUT2D eigenvalue weighted by Gasteiger charge is -2.12. The maximum absolute atomic E-state index is 11.7. The highest BCUT2D eigenvalue weighted by atomic mass is 16.5. The Hall–Kier alpha value is -2.30. The first kappa shape index (κ1) is 11.8. The number of rotatable bonds is 2. The number of aromatic nitrogens is 2. The van der Waals surface area contributed by atoms with Gasteiger partial charge in [0.1, 0.15) is 11.9 Å². The predicted octanol–water partition coefficient (Wildman–Crippen LogP) is 0.849. The normalized spacial score (nSPS) is 17.0. The molecule has 2 aromatic rings. The van der Waals surface area contributed by atoms with E-state index < -0.39 is 5.69 Å². The number of nitrogens with zero attached hydrogens (tertiary/aromatic N) is 1. The third kappa shape index (κ3) is 2.19. The first-order valence-corrected chi connectivity index (χ1v) is 6.18. The van der Waals surface area contributed by atoms with Crippen molar-refractivity contribution >= 4 is 0 Å². The van der Waals surface area contributed by atoms with Crippen LogP contribution in [0.5, 0.6) is 5.75 Å². The zero-order chi connectivity index (χ0) is 13.4. The van der Waals surface area contributed by atoms with Gasteiger partial charge in [-0.3, -0.25) is 14.3 Å². The molecule has 0 aliphatic carbocycles. The molecule has 1 atom stereocenters. The second-order valence-corrected chi connectivity index (χ2v) is 4.78. The molecule has 5 nitrogen and oxygen atoms in total. The van der Waals surface area contributed by atoms with Crippen LogP contribution in [0.15, 0.2) is 40.1 Å². The van der Waals surface area contributed by atoms with Crippen LogP contribution in [0.25, 0.3) is 0 Å². The Kier molecular flexibility index (Phi) is 2.74. The van der Waals surface area contributed by atoms with Crippen LogP contribution in [-0.4, -0.2) is 15.7 Å². The van der Waals surface area contributed by atoms with E-state index in [0.29, 0.717) is 12.1 Å². The molecule has 0 radical (unpaired) electrons. The fourth-order valence-corrected chi connectivity index (χ4v) is 2.33. The van der Waals surface area contributed by atoms with Crippen LogP contribution in [0.4, 0.5) is 0 Å². The van der Waals surface area contributed by atoms with E-state index in [1.165, 1.54) is 4.57 Å². The summed E-state index contributed by atoms with van der Waals surface area (Å²) in [5.41, 5.74) is 0.948. The van der Waals surface area contributed by atoms with E-state index in [9.17, 15) is 9.59 Å². The van der Waals surface area contributed by atoms with E-state index in [1.54, 1.807) is 13.1 Å². The standard InChI is InChI=1S/C14H14N2O3/c1-9-7-16(14(18)15-13(9)17)8-11-6-10-4-2-3-5-12(10)19-11/h2-5,7,11H,6,8H2,1H3,(H,15,17,18). The average molecular weight is 258 g/mol.